The summed E-state index contributed by atoms with van der Waals surface area (Å²) in [5, 5.41) is 23.9. The molecule has 0 aliphatic carbocycles. The quantitative estimate of drug-likeness (QED) is 0.730. The maximum Gasteiger partial charge on any atom is 0.328 e. The van der Waals surface area contributed by atoms with Crippen LogP contribution in [0.3, 0.4) is 0 Å². The molecule has 1 aromatic carbocycles. The van der Waals surface area contributed by atoms with Crippen molar-refractivity contribution in [3.05, 3.63) is 48.0 Å². The highest BCUT2D eigenvalue weighted by Gasteiger charge is 1.88. The Morgan fingerprint density at radius 1 is 1.06 bits per heavy atom. The molecule has 82 valence electrons. The van der Waals surface area contributed by atoms with Gasteiger partial charge in [0.2, 0.25) is 0 Å². The zero-order chi connectivity index (χ0) is 12.4. The van der Waals surface area contributed by atoms with E-state index < -0.39 is 11.9 Å². The van der Waals surface area contributed by atoms with E-state index in [2.05, 4.69) is 0 Å². The number of hydrogen-bond donors (Lipinski definition) is 2. The van der Waals surface area contributed by atoms with Gasteiger partial charge in [0, 0.05) is 12.2 Å². The Bertz CT molecular complexity index is 401. The maximum atomic E-state index is 9.55. The average molecular weight is 219 g/mol. The standard InChI is InChI=1S/C7H5N.C4H4O4/c8-6-7-4-2-1-3-5-7;5-3(6)1-2-4(7)8/h1-5H;1-2H,(H,5,6)(H,7,8)/b;2-1-. The Morgan fingerprint density at radius 2 is 1.50 bits per heavy atom. The SMILES string of the molecule is N#Cc1ccccc1.O=C(O)/C=C\C(=O)O. The monoisotopic (exact) mass is 219 g/mol. The highest BCUT2D eigenvalue weighted by molar-refractivity contribution is 5.89. The number of aliphatic carboxylic acids is 2. The Kier molecular flexibility index (Phi) is 6.50. The van der Waals surface area contributed by atoms with Crippen LogP contribution in [0, 0.1) is 11.3 Å². The van der Waals surface area contributed by atoms with E-state index in [9.17, 15) is 9.59 Å². The van der Waals surface area contributed by atoms with Crippen LogP contribution in [-0.2, 0) is 9.59 Å². The van der Waals surface area contributed by atoms with Gasteiger partial charge in [0.05, 0.1) is 11.6 Å². The minimum atomic E-state index is -1.26. The molecule has 0 saturated carbocycles. The number of nitrogens with zero attached hydrogens (tertiary/aromatic N) is 1. The molecule has 0 radical (unpaired) electrons. The molecule has 0 heterocycles. The molecule has 0 saturated heterocycles. The van der Waals surface area contributed by atoms with Gasteiger partial charge in [0.1, 0.15) is 0 Å². The highest BCUT2D eigenvalue weighted by atomic mass is 16.4. The fourth-order valence-electron chi connectivity index (χ4n) is 0.655. The smallest absolute Gasteiger partial charge is 0.328 e. The van der Waals surface area contributed by atoms with Gasteiger partial charge in [-0.1, -0.05) is 18.2 Å². The summed E-state index contributed by atoms with van der Waals surface area (Å²) < 4.78 is 0. The number of benzene rings is 1. The van der Waals surface area contributed by atoms with E-state index in [0.717, 1.165) is 0 Å². The summed E-state index contributed by atoms with van der Waals surface area (Å²) >= 11 is 0. The molecule has 0 amide bonds. The van der Waals surface area contributed by atoms with Crippen molar-refractivity contribution in [3.63, 3.8) is 0 Å². The number of rotatable bonds is 2. The normalized spacial score (nSPS) is 8.69. The summed E-state index contributed by atoms with van der Waals surface area (Å²) in [5.74, 6) is -2.51. The summed E-state index contributed by atoms with van der Waals surface area (Å²) in [4.78, 5) is 19.1. The van der Waals surface area contributed by atoms with Crippen LogP contribution in [0.5, 0.6) is 0 Å². The van der Waals surface area contributed by atoms with Gasteiger partial charge in [-0.05, 0) is 12.1 Å². The summed E-state index contributed by atoms with van der Waals surface area (Å²) in [6, 6.07) is 11.2. The summed E-state index contributed by atoms with van der Waals surface area (Å²) in [6.07, 6.45) is 1.12. The molecular formula is C11H9NO4. The van der Waals surface area contributed by atoms with Crippen molar-refractivity contribution in [2.45, 2.75) is 0 Å². The molecule has 0 bridgehead atoms. The van der Waals surface area contributed by atoms with E-state index in [0.29, 0.717) is 17.7 Å². The molecule has 0 atom stereocenters. The average Bonchev–Trinajstić information content (AvgIpc) is 2.28. The molecule has 2 N–H and O–H groups in total. The second kappa shape index (κ2) is 7.76. The van der Waals surface area contributed by atoms with Crippen molar-refractivity contribution in [2.24, 2.45) is 0 Å². The minimum absolute atomic E-state index is 0.558. The van der Waals surface area contributed by atoms with Gasteiger partial charge in [-0.25, -0.2) is 9.59 Å². The lowest BCUT2D eigenvalue weighted by Gasteiger charge is -1.80. The van der Waals surface area contributed by atoms with Crippen molar-refractivity contribution in [3.8, 4) is 6.07 Å². The zero-order valence-corrected chi connectivity index (χ0v) is 8.20. The lowest BCUT2D eigenvalue weighted by atomic mass is 10.2. The van der Waals surface area contributed by atoms with Crippen LogP contribution < -0.4 is 0 Å². The largest absolute Gasteiger partial charge is 0.478 e. The van der Waals surface area contributed by atoms with Crippen LogP contribution in [-0.4, -0.2) is 22.2 Å². The third-order valence-electron chi connectivity index (χ3n) is 1.27. The van der Waals surface area contributed by atoms with Crippen LogP contribution in [0.1, 0.15) is 5.56 Å². The second-order valence-corrected chi connectivity index (χ2v) is 2.49. The molecule has 16 heavy (non-hydrogen) atoms. The number of nitriles is 1. The molecule has 1 rings (SSSR count). The Morgan fingerprint density at radius 3 is 1.75 bits per heavy atom. The van der Waals surface area contributed by atoms with Crippen LogP contribution in [0.15, 0.2) is 42.5 Å². The molecule has 5 heteroatoms. The molecular weight excluding hydrogens is 210 g/mol. The van der Waals surface area contributed by atoms with Gasteiger partial charge in [-0.2, -0.15) is 5.26 Å². The summed E-state index contributed by atoms with van der Waals surface area (Å²) in [5.41, 5.74) is 0.715. The second-order valence-electron chi connectivity index (χ2n) is 2.49. The lowest BCUT2D eigenvalue weighted by molar-refractivity contribution is -0.134. The van der Waals surface area contributed by atoms with E-state index in [1.165, 1.54) is 0 Å². The van der Waals surface area contributed by atoms with Crippen LogP contribution >= 0.6 is 0 Å². The van der Waals surface area contributed by atoms with Crippen LogP contribution in [0.25, 0.3) is 0 Å². The first-order valence-electron chi connectivity index (χ1n) is 4.15. The first-order chi connectivity index (χ1) is 7.56. The highest BCUT2D eigenvalue weighted by Crippen LogP contribution is 1.93. The molecule has 5 nitrogen and oxygen atoms in total. The van der Waals surface area contributed by atoms with Crippen molar-refractivity contribution >= 4 is 11.9 Å². The number of carboxylic acid groups (broad SMARTS) is 2. The zero-order valence-electron chi connectivity index (χ0n) is 8.20. The Hall–Kier alpha value is -2.61. The predicted octanol–water partition coefficient (Wildman–Crippen LogP) is 1.27. The number of carbonyl (C=O) groups is 2. The fourth-order valence-corrected chi connectivity index (χ4v) is 0.655. The third-order valence-corrected chi connectivity index (χ3v) is 1.27. The van der Waals surface area contributed by atoms with E-state index in [1.807, 2.05) is 24.3 Å². The van der Waals surface area contributed by atoms with Gasteiger partial charge in [-0.3, -0.25) is 0 Å². The molecule has 0 aliphatic heterocycles. The summed E-state index contributed by atoms with van der Waals surface area (Å²) in [6.45, 7) is 0. The molecule has 0 aliphatic rings. The Labute approximate surface area is 91.9 Å². The van der Waals surface area contributed by atoms with Gasteiger partial charge < -0.3 is 10.2 Å². The fraction of sp³-hybridized carbons (Fsp3) is 0. The van der Waals surface area contributed by atoms with Crippen molar-refractivity contribution in [1.82, 2.24) is 0 Å². The van der Waals surface area contributed by atoms with E-state index in [-0.39, 0.29) is 0 Å². The minimum Gasteiger partial charge on any atom is -0.478 e. The lowest BCUT2D eigenvalue weighted by Crippen LogP contribution is -1.91. The number of hydrogen-bond acceptors (Lipinski definition) is 3. The van der Waals surface area contributed by atoms with Crippen molar-refractivity contribution < 1.29 is 19.8 Å². The van der Waals surface area contributed by atoms with Crippen LogP contribution in [0.4, 0.5) is 0 Å². The maximum absolute atomic E-state index is 9.55. The van der Waals surface area contributed by atoms with Gasteiger partial charge in [0.25, 0.3) is 0 Å². The van der Waals surface area contributed by atoms with E-state index in [1.54, 1.807) is 12.1 Å². The van der Waals surface area contributed by atoms with Gasteiger partial charge in [-0.15, -0.1) is 0 Å². The van der Waals surface area contributed by atoms with E-state index in [4.69, 9.17) is 15.5 Å². The first-order valence-corrected chi connectivity index (χ1v) is 4.15. The third kappa shape index (κ3) is 8.01. The van der Waals surface area contributed by atoms with Crippen LogP contribution in [0.2, 0.25) is 0 Å². The molecule has 1 aromatic rings. The van der Waals surface area contributed by atoms with Gasteiger partial charge in [0.15, 0.2) is 0 Å². The predicted molar refractivity (Wildman–Crippen MR) is 55.6 cm³/mol. The van der Waals surface area contributed by atoms with E-state index >= 15 is 0 Å². The Balaban J connectivity index is 0.000000281. The molecule has 0 fully saturated rings. The number of carboxylic acids is 2. The summed E-state index contributed by atoms with van der Waals surface area (Å²) in [7, 11) is 0. The van der Waals surface area contributed by atoms with Crippen molar-refractivity contribution in [1.29, 1.82) is 5.26 Å². The first kappa shape index (κ1) is 13.4. The topological polar surface area (TPSA) is 98.4 Å². The molecule has 0 spiro atoms. The molecule has 0 unspecified atom stereocenters. The molecule has 0 aromatic heterocycles. The van der Waals surface area contributed by atoms with Gasteiger partial charge >= 0.3 is 11.9 Å². The van der Waals surface area contributed by atoms with Crippen molar-refractivity contribution in [2.75, 3.05) is 0 Å².